The smallest absolute Gasteiger partial charge is 0.344 e. The van der Waals surface area contributed by atoms with Gasteiger partial charge in [-0.15, -0.1) is 0 Å². The number of nitrogens with zero attached hydrogens (tertiary/aromatic N) is 1. The zero-order valence-electron chi connectivity index (χ0n) is 19.1. The van der Waals surface area contributed by atoms with Gasteiger partial charge < -0.3 is 24.3 Å². The van der Waals surface area contributed by atoms with E-state index in [1.165, 1.54) is 29.6 Å². The highest BCUT2D eigenvalue weighted by molar-refractivity contribution is 7.89. The third kappa shape index (κ3) is 6.46. The molecule has 0 radical (unpaired) electrons. The van der Waals surface area contributed by atoms with Gasteiger partial charge in [-0.2, -0.15) is 4.31 Å². The topological polar surface area (TPSA) is 120 Å². The second-order valence-corrected chi connectivity index (χ2v) is 9.25. The Morgan fingerprint density at radius 3 is 2.50 bits per heavy atom. The summed E-state index contributed by atoms with van der Waals surface area (Å²) in [4.78, 5) is 24.2. The number of hydrogen-bond acceptors (Lipinski definition) is 8. The van der Waals surface area contributed by atoms with Gasteiger partial charge in [0.2, 0.25) is 10.0 Å². The van der Waals surface area contributed by atoms with Crippen LogP contribution in [0.5, 0.6) is 11.5 Å². The number of ether oxygens (including phenoxy) is 4. The number of rotatable bonds is 10. The molecule has 0 aliphatic carbocycles. The molecule has 3 rings (SSSR count). The Bertz CT molecular complexity index is 1110. The van der Waals surface area contributed by atoms with Crippen molar-refractivity contribution >= 4 is 27.6 Å². The lowest BCUT2D eigenvalue weighted by Gasteiger charge is -2.26. The van der Waals surface area contributed by atoms with Crippen LogP contribution in [-0.2, 0) is 35.5 Å². The standard InChI is InChI=1S/C23H28N2O8S/c1-3-17-6-4-5-7-19(17)32-16-23(27)33-15-22(26)24-18-8-9-20(30-2)21(14-18)34(28,29)25-10-12-31-13-11-25/h4-9,14H,3,10-13,15-16H2,1-2H3,(H,24,26). The Hall–Kier alpha value is -3.15. The fourth-order valence-electron chi connectivity index (χ4n) is 3.34. The normalized spacial score (nSPS) is 14.3. The number of carbonyl (C=O) groups excluding carboxylic acids is 2. The van der Waals surface area contributed by atoms with Crippen LogP contribution in [0.4, 0.5) is 5.69 Å². The Labute approximate surface area is 198 Å². The van der Waals surface area contributed by atoms with Gasteiger partial charge in [0.25, 0.3) is 5.91 Å². The lowest BCUT2D eigenvalue weighted by molar-refractivity contribution is -0.149. The first-order chi connectivity index (χ1) is 16.3. The molecular weight excluding hydrogens is 464 g/mol. The van der Waals surface area contributed by atoms with Gasteiger partial charge in [-0.05, 0) is 36.2 Å². The molecule has 1 N–H and O–H groups in total. The number of nitrogens with one attached hydrogen (secondary N) is 1. The van der Waals surface area contributed by atoms with E-state index in [1.807, 2.05) is 19.1 Å². The Morgan fingerprint density at radius 1 is 1.06 bits per heavy atom. The van der Waals surface area contributed by atoms with E-state index in [-0.39, 0.29) is 36.0 Å². The van der Waals surface area contributed by atoms with Crippen LogP contribution in [-0.4, -0.2) is 71.2 Å². The minimum atomic E-state index is -3.85. The van der Waals surface area contributed by atoms with E-state index in [1.54, 1.807) is 12.1 Å². The minimum Gasteiger partial charge on any atom is -0.495 e. The molecule has 34 heavy (non-hydrogen) atoms. The number of methoxy groups -OCH3 is 1. The first-order valence-corrected chi connectivity index (χ1v) is 12.2. The largest absolute Gasteiger partial charge is 0.495 e. The van der Waals surface area contributed by atoms with E-state index >= 15 is 0 Å². The molecule has 0 bridgehead atoms. The number of esters is 1. The zero-order chi connectivity index (χ0) is 24.6. The number of morpholine rings is 1. The lowest BCUT2D eigenvalue weighted by Crippen LogP contribution is -2.40. The van der Waals surface area contributed by atoms with Crippen molar-refractivity contribution in [1.29, 1.82) is 0 Å². The van der Waals surface area contributed by atoms with Crippen LogP contribution in [0.15, 0.2) is 47.4 Å². The Morgan fingerprint density at radius 2 is 1.79 bits per heavy atom. The van der Waals surface area contributed by atoms with Crippen LogP contribution in [0.25, 0.3) is 0 Å². The monoisotopic (exact) mass is 492 g/mol. The summed E-state index contributed by atoms with van der Waals surface area (Å²) in [5, 5.41) is 2.54. The summed E-state index contributed by atoms with van der Waals surface area (Å²) in [6.45, 7) is 2.14. The van der Waals surface area contributed by atoms with E-state index in [4.69, 9.17) is 18.9 Å². The van der Waals surface area contributed by atoms with Crippen LogP contribution < -0.4 is 14.8 Å². The first-order valence-electron chi connectivity index (χ1n) is 10.8. The summed E-state index contributed by atoms with van der Waals surface area (Å²) in [5.74, 6) is -0.590. The predicted octanol–water partition coefficient (Wildman–Crippen LogP) is 1.84. The first kappa shape index (κ1) is 25.5. The Balaban J connectivity index is 1.58. The van der Waals surface area contributed by atoms with E-state index < -0.39 is 28.5 Å². The molecule has 10 nitrogen and oxygen atoms in total. The van der Waals surface area contributed by atoms with E-state index in [2.05, 4.69) is 5.32 Å². The number of amides is 1. The highest BCUT2D eigenvalue weighted by Crippen LogP contribution is 2.30. The third-order valence-corrected chi connectivity index (χ3v) is 7.02. The molecule has 0 aromatic heterocycles. The van der Waals surface area contributed by atoms with Crippen molar-refractivity contribution < 1.29 is 37.0 Å². The van der Waals surface area contributed by atoms with Crippen molar-refractivity contribution in [2.75, 3.05) is 51.9 Å². The van der Waals surface area contributed by atoms with Crippen LogP contribution >= 0.6 is 0 Å². The Kier molecular flexibility index (Phi) is 8.85. The second-order valence-electron chi connectivity index (χ2n) is 7.34. The van der Waals surface area contributed by atoms with Crippen molar-refractivity contribution in [3.8, 4) is 11.5 Å². The van der Waals surface area contributed by atoms with Crippen molar-refractivity contribution in [2.45, 2.75) is 18.2 Å². The highest BCUT2D eigenvalue weighted by Gasteiger charge is 2.29. The number of aryl methyl sites for hydroxylation is 1. The van der Waals surface area contributed by atoms with E-state index in [0.717, 1.165) is 12.0 Å². The summed E-state index contributed by atoms with van der Waals surface area (Å²) in [7, 11) is -2.49. The van der Waals surface area contributed by atoms with Gasteiger partial charge in [-0.25, -0.2) is 13.2 Å². The summed E-state index contributed by atoms with van der Waals surface area (Å²) < 4.78 is 48.3. The molecule has 0 saturated carbocycles. The maximum Gasteiger partial charge on any atom is 0.344 e. The van der Waals surface area contributed by atoms with E-state index in [0.29, 0.717) is 19.0 Å². The SMILES string of the molecule is CCc1ccccc1OCC(=O)OCC(=O)Nc1ccc(OC)c(S(=O)(=O)N2CCOCC2)c1. The number of sulfonamides is 1. The maximum atomic E-state index is 13.0. The molecule has 1 aliphatic rings. The number of hydrogen-bond donors (Lipinski definition) is 1. The molecule has 1 aliphatic heterocycles. The molecular formula is C23H28N2O8S. The lowest BCUT2D eigenvalue weighted by atomic mass is 10.1. The molecule has 1 fully saturated rings. The summed E-state index contributed by atoms with van der Waals surface area (Å²) in [5.41, 5.74) is 1.18. The number of carbonyl (C=O) groups is 2. The summed E-state index contributed by atoms with van der Waals surface area (Å²) in [6.07, 6.45) is 0.749. The molecule has 184 valence electrons. The van der Waals surface area contributed by atoms with E-state index in [9.17, 15) is 18.0 Å². The van der Waals surface area contributed by atoms with Crippen LogP contribution in [0.2, 0.25) is 0 Å². The van der Waals surface area contributed by atoms with Gasteiger partial charge in [-0.3, -0.25) is 4.79 Å². The second kappa shape index (κ2) is 11.8. The van der Waals surface area contributed by atoms with Gasteiger partial charge in [0.05, 0.1) is 20.3 Å². The summed E-state index contributed by atoms with van der Waals surface area (Å²) >= 11 is 0. The van der Waals surface area contributed by atoms with Crippen molar-refractivity contribution in [1.82, 2.24) is 4.31 Å². The van der Waals surface area contributed by atoms with Crippen LogP contribution in [0.1, 0.15) is 12.5 Å². The average Bonchev–Trinajstić information content (AvgIpc) is 2.86. The number of anilines is 1. The molecule has 0 spiro atoms. The predicted molar refractivity (Wildman–Crippen MR) is 123 cm³/mol. The maximum absolute atomic E-state index is 13.0. The molecule has 11 heteroatoms. The van der Waals surface area contributed by atoms with Crippen molar-refractivity contribution in [3.63, 3.8) is 0 Å². The molecule has 2 aromatic carbocycles. The quantitative estimate of drug-likeness (QED) is 0.499. The van der Waals surface area contributed by atoms with Gasteiger partial charge in [0.15, 0.2) is 13.2 Å². The van der Waals surface area contributed by atoms with Crippen LogP contribution in [0.3, 0.4) is 0 Å². The molecule has 0 atom stereocenters. The third-order valence-electron chi connectivity index (χ3n) is 5.10. The molecule has 2 aromatic rings. The fraction of sp³-hybridized carbons (Fsp3) is 0.391. The van der Waals surface area contributed by atoms with Crippen molar-refractivity contribution in [3.05, 3.63) is 48.0 Å². The van der Waals surface area contributed by atoms with Crippen LogP contribution in [0, 0.1) is 0 Å². The zero-order valence-corrected chi connectivity index (χ0v) is 19.9. The van der Waals surface area contributed by atoms with Gasteiger partial charge >= 0.3 is 5.97 Å². The molecule has 1 saturated heterocycles. The number of para-hydroxylation sites is 1. The van der Waals surface area contributed by atoms with Gasteiger partial charge in [0.1, 0.15) is 16.4 Å². The highest BCUT2D eigenvalue weighted by atomic mass is 32.2. The van der Waals surface area contributed by atoms with Gasteiger partial charge in [-0.1, -0.05) is 25.1 Å². The average molecular weight is 493 g/mol. The summed E-state index contributed by atoms with van der Waals surface area (Å²) in [6, 6.07) is 11.6. The fourth-order valence-corrected chi connectivity index (χ4v) is 4.93. The number of benzene rings is 2. The molecule has 1 heterocycles. The minimum absolute atomic E-state index is 0.0744. The molecule has 1 amide bonds. The molecule has 0 unspecified atom stereocenters. The van der Waals surface area contributed by atoms with Gasteiger partial charge in [0, 0.05) is 18.8 Å². The van der Waals surface area contributed by atoms with Crippen molar-refractivity contribution in [2.24, 2.45) is 0 Å².